The second kappa shape index (κ2) is 5.72. The van der Waals surface area contributed by atoms with Crippen LogP contribution in [0.5, 0.6) is 0 Å². The molecule has 0 aromatic carbocycles. The first kappa shape index (κ1) is 14.0. The molecule has 0 radical (unpaired) electrons. The Bertz CT molecular complexity index is 424. The van der Waals surface area contributed by atoms with Gasteiger partial charge in [0.25, 0.3) is 0 Å². The number of rotatable bonds is 5. The van der Waals surface area contributed by atoms with Gasteiger partial charge in [0.15, 0.2) is 0 Å². The van der Waals surface area contributed by atoms with Crippen LogP contribution in [0.1, 0.15) is 49.5 Å². The van der Waals surface area contributed by atoms with Crippen LogP contribution in [-0.4, -0.2) is 16.2 Å². The molecule has 0 saturated heterocycles. The topological polar surface area (TPSA) is 57.5 Å². The summed E-state index contributed by atoms with van der Waals surface area (Å²) >= 11 is 4.93. The number of aliphatic carboxylic acids is 1. The van der Waals surface area contributed by atoms with Crippen LogP contribution in [0.2, 0.25) is 0 Å². The zero-order valence-electron chi connectivity index (χ0n) is 10.1. The van der Waals surface area contributed by atoms with Crippen LogP contribution in [0.25, 0.3) is 0 Å². The molecule has 1 aromatic rings. The minimum Gasteiger partial charge on any atom is -0.481 e. The van der Waals surface area contributed by atoms with Crippen molar-refractivity contribution >= 4 is 33.2 Å². The fourth-order valence-corrected chi connectivity index (χ4v) is 4.57. The second-order valence-electron chi connectivity index (χ2n) is 5.13. The molecule has 100 valence electrons. The fourth-order valence-electron chi connectivity index (χ4n) is 2.94. The molecule has 0 bridgehead atoms. The lowest BCUT2D eigenvalue weighted by molar-refractivity contribution is -0.140. The van der Waals surface area contributed by atoms with Crippen molar-refractivity contribution < 1.29 is 15.0 Å². The van der Waals surface area contributed by atoms with E-state index < -0.39 is 12.1 Å². The van der Waals surface area contributed by atoms with Crippen molar-refractivity contribution in [1.82, 2.24) is 0 Å². The van der Waals surface area contributed by atoms with Gasteiger partial charge in [-0.05, 0) is 52.1 Å². The maximum Gasteiger partial charge on any atom is 0.303 e. The number of carboxylic acids is 1. The lowest BCUT2D eigenvalue weighted by Crippen LogP contribution is -2.23. The molecular formula is C13H17BrO3S. The van der Waals surface area contributed by atoms with Gasteiger partial charge in [0, 0.05) is 9.35 Å². The van der Waals surface area contributed by atoms with Crippen molar-refractivity contribution in [2.24, 2.45) is 5.41 Å². The third-order valence-electron chi connectivity index (χ3n) is 3.76. The average Bonchev–Trinajstić information content (AvgIpc) is 2.86. The van der Waals surface area contributed by atoms with Crippen LogP contribution in [0.15, 0.2) is 15.9 Å². The molecule has 3 nitrogen and oxygen atoms in total. The summed E-state index contributed by atoms with van der Waals surface area (Å²) in [5.74, 6) is -0.755. The van der Waals surface area contributed by atoms with E-state index in [1.54, 1.807) is 0 Å². The fraction of sp³-hybridized carbons (Fsp3) is 0.615. The highest BCUT2D eigenvalue weighted by molar-refractivity contribution is 9.10. The summed E-state index contributed by atoms with van der Waals surface area (Å²) in [5, 5.41) is 21.3. The van der Waals surface area contributed by atoms with E-state index in [1.165, 1.54) is 11.3 Å². The van der Waals surface area contributed by atoms with E-state index >= 15 is 0 Å². The lowest BCUT2D eigenvalue weighted by atomic mass is 9.77. The van der Waals surface area contributed by atoms with Gasteiger partial charge in [0.1, 0.15) is 0 Å². The van der Waals surface area contributed by atoms with Crippen LogP contribution in [0, 0.1) is 5.41 Å². The van der Waals surface area contributed by atoms with E-state index in [-0.39, 0.29) is 11.8 Å². The smallest absolute Gasteiger partial charge is 0.303 e. The van der Waals surface area contributed by atoms with Gasteiger partial charge in [-0.15, -0.1) is 11.3 Å². The molecule has 1 fully saturated rings. The van der Waals surface area contributed by atoms with Crippen LogP contribution >= 0.6 is 27.3 Å². The maximum atomic E-state index is 11.0. The molecule has 0 amide bonds. The lowest BCUT2D eigenvalue weighted by Gasteiger charge is -2.29. The molecule has 0 spiro atoms. The number of hydrogen-bond donors (Lipinski definition) is 2. The number of carbonyl (C=O) groups is 1. The molecule has 1 aromatic heterocycles. The predicted octanol–water partition coefficient (Wildman–Crippen LogP) is 3.97. The molecule has 1 saturated carbocycles. The van der Waals surface area contributed by atoms with Crippen molar-refractivity contribution in [2.75, 3.05) is 0 Å². The van der Waals surface area contributed by atoms with E-state index in [1.807, 2.05) is 11.4 Å². The summed E-state index contributed by atoms with van der Waals surface area (Å²) in [6, 6.07) is 1.92. The summed E-state index contributed by atoms with van der Waals surface area (Å²) < 4.78 is 0.920. The average molecular weight is 333 g/mol. The van der Waals surface area contributed by atoms with Crippen molar-refractivity contribution in [3.63, 3.8) is 0 Å². The van der Waals surface area contributed by atoms with Crippen LogP contribution in [0.3, 0.4) is 0 Å². The number of hydrogen-bond acceptors (Lipinski definition) is 3. The van der Waals surface area contributed by atoms with Gasteiger partial charge < -0.3 is 10.2 Å². The molecule has 2 rings (SSSR count). The summed E-state index contributed by atoms with van der Waals surface area (Å²) in [4.78, 5) is 11.9. The normalized spacial score (nSPS) is 19.9. The van der Waals surface area contributed by atoms with Gasteiger partial charge >= 0.3 is 5.97 Å². The second-order valence-corrected chi connectivity index (χ2v) is 6.93. The molecule has 1 unspecified atom stereocenters. The Morgan fingerprint density at radius 3 is 2.67 bits per heavy atom. The Balaban J connectivity index is 2.10. The molecule has 18 heavy (non-hydrogen) atoms. The van der Waals surface area contributed by atoms with Crippen LogP contribution in [0.4, 0.5) is 0 Å². The van der Waals surface area contributed by atoms with Crippen molar-refractivity contribution in [3.05, 3.63) is 20.8 Å². The van der Waals surface area contributed by atoms with E-state index in [9.17, 15) is 9.90 Å². The summed E-state index contributed by atoms with van der Waals surface area (Å²) in [5.41, 5.74) is -0.214. The standard InChI is InChI=1S/C13H17BrO3S/c14-9-3-6-18-12(9)10(15)7-13(8-11(16)17)4-1-2-5-13/h3,6,10,15H,1-2,4-5,7-8H2,(H,16,17). The summed E-state index contributed by atoms with van der Waals surface area (Å²) in [7, 11) is 0. The van der Waals surface area contributed by atoms with Crippen molar-refractivity contribution in [3.8, 4) is 0 Å². The monoisotopic (exact) mass is 332 g/mol. The van der Waals surface area contributed by atoms with Crippen LogP contribution < -0.4 is 0 Å². The number of halogens is 1. The van der Waals surface area contributed by atoms with Gasteiger partial charge in [-0.2, -0.15) is 0 Å². The van der Waals surface area contributed by atoms with Gasteiger partial charge in [-0.1, -0.05) is 12.8 Å². The predicted molar refractivity (Wildman–Crippen MR) is 74.7 cm³/mol. The van der Waals surface area contributed by atoms with Crippen molar-refractivity contribution in [2.45, 2.75) is 44.6 Å². The van der Waals surface area contributed by atoms with Gasteiger partial charge in [0.2, 0.25) is 0 Å². The van der Waals surface area contributed by atoms with E-state index in [0.717, 1.165) is 35.0 Å². The Morgan fingerprint density at radius 1 is 1.50 bits per heavy atom. The number of thiophene rings is 1. The summed E-state index contributed by atoms with van der Waals surface area (Å²) in [6.45, 7) is 0. The minimum atomic E-state index is -0.755. The molecule has 1 aliphatic rings. The zero-order valence-corrected chi connectivity index (χ0v) is 12.5. The number of aliphatic hydroxyl groups excluding tert-OH is 1. The quantitative estimate of drug-likeness (QED) is 0.857. The highest BCUT2D eigenvalue weighted by Gasteiger charge is 2.38. The van der Waals surface area contributed by atoms with Gasteiger partial charge in [-0.3, -0.25) is 4.79 Å². The van der Waals surface area contributed by atoms with Crippen molar-refractivity contribution in [1.29, 1.82) is 0 Å². The maximum absolute atomic E-state index is 11.0. The zero-order chi connectivity index (χ0) is 13.2. The van der Waals surface area contributed by atoms with E-state index in [0.29, 0.717) is 6.42 Å². The number of aliphatic hydroxyl groups is 1. The molecular weight excluding hydrogens is 316 g/mol. The van der Waals surface area contributed by atoms with E-state index in [4.69, 9.17) is 5.11 Å². The van der Waals surface area contributed by atoms with Crippen LogP contribution in [-0.2, 0) is 4.79 Å². The number of carboxylic acid groups (broad SMARTS) is 1. The first-order valence-electron chi connectivity index (χ1n) is 6.15. The largest absolute Gasteiger partial charge is 0.481 e. The third-order valence-corrected chi connectivity index (χ3v) is 5.74. The highest BCUT2D eigenvalue weighted by atomic mass is 79.9. The SMILES string of the molecule is O=C(O)CC1(CC(O)c2sccc2Br)CCCC1. The molecule has 0 aliphatic heterocycles. The molecule has 5 heteroatoms. The van der Waals surface area contributed by atoms with E-state index in [2.05, 4.69) is 15.9 Å². The first-order chi connectivity index (χ1) is 8.52. The molecule has 1 aliphatic carbocycles. The Hall–Kier alpha value is -0.390. The third kappa shape index (κ3) is 3.13. The van der Waals surface area contributed by atoms with Gasteiger partial charge in [-0.25, -0.2) is 0 Å². The Morgan fingerprint density at radius 2 is 2.17 bits per heavy atom. The Kier molecular flexibility index (Phi) is 4.45. The Labute approximate surface area is 119 Å². The molecule has 2 N–H and O–H groups in total. The minimum absolute atomic E-state index is 0.174. The highest BCUT2D eigenvalue weighted by Crippen LogP contribution is 2.48. The first-order valence-corrected chi connectivity index (χ1v) is 7.82. The summed E-state index contributed by atoms with van der Waals surface area (Å²) in [6.07, 6.45) is 4.15. The molecule has 1 atom stereocenters. The van der Waals surface area contributed by atoms with Gasteiger partial charge in [0.05, 0.1) is 12.5 Å². The molecule has 1 heterocycles.